The van der Waals surface area contributed by atoms with Gasteiger partial charge in [-0.3, -0.25) is 9.59 Å². The maximum absolute atomic E-state index is 13.1. The van der Waals surface area contributed by atoms with Gasteiger partial charge in [0.2, 0.25) is 5.83 Å². The molecule has 0 aromatic carbocycles. The van der Waals surface area contributed by atoms with Crippen molar-refractivity contribution in [1.29, 1.82) is 0 Å². The summed E-state index contributed by atoms with van der Waals surface area (Å²) in [6, 6.07) is 0. The highest BCUT2D eigenvalue weighted by molar-refractivity contribution is 5.88. The second-order valence-corrected chi connectivity index (χ2v) is 7.96. The highest BCUT2D eigenvalue weighted by atomic mass is 19.1. The summed E-state index contributed by atoms with van der Waals surface area (Å²) in [5.74, 6) is -5.04. The van der Waals surface area contributed by atoms with Crippen LogP contribution in [0, 0.1) is 23.7 Å². The van der Waals surface area contributed by atoms with E-state index < -0.39 is 53.4 Å². The van der Waals surface area contributed by atoms with Crippen LogP contribution < -0.4 is 0 Å². The van der Waals surface area contributed by atoms with Gasteiger partial charge in [-0.2, -0.15) is 4.39 Å². The van der Waals surface area contributed by atoms with Crippen LogP contribution in [-0.4, -0.2) is 35.7 Å². The molecule has 142 valence electrons. The molecular weight excluding hydrogens is 343 g/mol. The summed E-state index contributed by atoms with van der Waals surface area (Å²) in [6.07, 6.45) is 3.54. The summed E-state index contributed by atoms with van der Waals surface area (Å²) >= 11 is 0. The molecule has 6 nitrogen and oxygen atoms in total. The molecule has 0 N–H and O–H groups in total. The summed E-state index contributed by atoms with van der Waals surface area (Å²) in [5.41, 5.74) is -0.458. The number of hydrogen-bond donors (Lipinski definition) is 0. The van der Waals surface area contributed by atoms with Crippen LogP contribution in [0.5, 0.6) is 0 Å². The fourth-order valence-electron chi connectivity index (χ4n) is 5.48. The Labute approximate surface area is 151 Å². The third-order valence-corrected chi connectivity index (χ3v) is 6.76. The van der Waals surface area contributed by atoms with Crippen LogP contribution in [0.1, 0.15) is 45.4 Å². The van der Waals surface area contributed by atoms with Crippen LogP contribution in [0.15, 0.2) is 12.4 Å². The molecule has 0 amide bonds. The summed E-state index contributed by atoms with van der Waals surface area (Å²) < 4.78 is 29.5. The average Bonchev–Trinajstić information content (AvgIpc) is 3.32. The van der Waals surface area contributed by atoms with Crippen LogP contribution in [0.25, 0.3) is 0 Å². The predicted molar refractivity (Wildman–Crippen MR) is 86.2 cm³/mol. The standard InChI is InChI=1S/C19H23FO6/c1-3-19(6-4-5-7-19)26-18(23)13-11-8-10-12(13)17(22)25-15(10)14(11)24-16(21)9(2)20/h10-15H,2-8H2,1H3. The van der Waals surface area contributed by atoms with Crippen molar-refractivity contribution in [3.05, 3.63) is 12.4 Å². The van der Waals surface area contributed by atoms with Gasteiger partial charge in [0.25, 0.3) is 0 Å². The Kier molecular flexibility index (Phi) is 4.08. The van der Waals surface area contributed by atoms with E-state index in [9.17, 15) is 18.8 Å². The Hall–Kier alpha value is -1.92. The SMILES string of the molecule is C=C(F)C(=O)OC1C2CC3C1OC(=O)C3C2C(=O)OC1(CC)CCCC1. The number of ether oxygens (including phenoxy) is 3. The maximum Gasteiger partial charge on any atom is 0.366 e. The van der Waals surface area contributed by atoms with Gasteiger partial charge in [0.05, 0.1) is 11.8 Å². The van der Waals surface area contributed by atoms with Gasteiger partial charge in [-0.25, -0.2) is 4.79 Å². The zero-order chi connectivity index (χ0) is 18.6. The molecule has 0 aromatic rings. The van der Waals surface area contributed by atoms with E-state index >= 15 is 0 Å². The molecule has 4 rings (SSSR count). The molecule has 1 aliphatic heterocycles. The van der Waals surface area contributed by atoms with Crippen LogP contribution in [0.2, 0.25) is 0 Å². The van der Waals surface area contributed by atoms with Gasteiger partial charge >= 0.3 is 17.9 Å². The minimum atomic E-state index is -1.20. The molecule has 6 unspecified atom stereocenters. The fraction of sp³-hybridized carbons (Fsp3) is 0.737. The molecule has 0 aromatic heterocycles. The lowest BCUT2D eigenvalue weighted by molar-refractivity contribution is -0.174. The number of carbonyl (C=O) groups is 3. The second kappa shape index (κ2) is 6.06. The smallest absolute Gasteiger partial charge is 0.366 e. The molecule has 4 fully saturated rings. The van der Waals surface area contributed by atoms with Crippen molar-refractivity contribution in [2.75, 3.05) is 0 Å². The van der Waals surface area contributed by atoms with Gasteiger partial charge in [0.15, 0.2) is 0 Å². The summed E-state index contributed by atoms with van der Waals surface area (Å²) in [5, 5.41) is 0. The molecule has 0 radical (unpaired) electrons. The lowest BCUT2D eigenvalue weighted by atomic mass is 9.78. The van der Waals surface area contributed by atoms with Crippen molar-refractivity contribution >= 4 is 17.9 Å². The summed E-state index contributed by atoms with van der Waals surface area (Å²) in [6.45, 7) is 4.93. The van der Waals surface area contributed by atoms with E-state index in [1.165, 1.54) is 0 Å². The van der Waals surface area contributed by atoms with E-state index in [0.29, 0.717) is 6.42 Å². The molecule has 1 saturated heterocycles. The normalized spacial score (nSPS) is 38.9. The van der Waals surface area contributed by atoms with Crippen LogP contribution in [0.4, 0.5) is 4.39 Å². The molecule has 6 atom stereocenters. The molecule has 7 heteroatoms. The van der Waals surface area contributed by atoms with Crippen molar-refractivity contribution in [2.45, 2.75) is 63.3 Å². The Morgan fingerprint density at radius 2 is 2.00 bits per heavy atom. The zero-order valence-electron chi connectivity index (χ0n) is 14.7. The van der Waals surface area contributed by atoms with E-state index in [1.54, 1.807) is 0 Å². The van der Waals surface area contributed by atoms with E-state index in [1.807, 2.05) is 6.92 Å². The van der Waals surface area contributed by atoms with Gasteiger partial charge in [-0.05, 0) is 38.5 Å². The van der Waals surface area contributed by atoms with Gasteiger partial charge < -0.3 is 14.2 Å². The predicted octanol–water partition coefficient (Wildman–Crippen LogP) is 2.45. The van der Waals surface area contributed by atoms with Crippen molar-refractivity contribution in [3.8, 4) is 0 Å². The van der Waals surface area contributed by atoms with Crippen molar-refractivity contribution < 1.29 is 33.0 Å². The first-order chi connectivity index (χ1) is 12.4. The van der Waals surface area contributed by atoms with Gasteiger partial charge in [0.1, 0.15) is 17.8 Å². The summed E-state index contributed by atoms with van der Waals surface area (Å²) in [4.78, 5) is 36.9. The van der Waals surface area contributed by atoms with Crippen molar-refractivity contribution in [2.24, 2.45) is 23.7 Å². The number of esters is 3. The topological polar surface area (TPSA) is 78.9 Å². The van der Waals surface area contributed by atoms with E-state index in [0.717, 1.165) is 32.1 Å². The first-order valence-corrected chi connectivity index (χ1v) is 9.35. The van der Waals surface area contributed by atoms with E-state index in [-0.39, 0.29) is 11.8 Å². The number of hydrogen-bond acceptors (Lipinski definition) is 6. The molecule has 26 heavy (non-hydrogen) atoms. The Bertz CT molecular complexity index is 667. The lowest BCUT2D eigenvalue weighted by Crippen LogP contribution is -2.45. The molecule has 0 spiro atoms. The molecule has 4 aliphatic rings. The first-order valence-electron chi connectivity index (χ1n) is 9.35. The Morgan fingerprint density at radius 3 is 2.62 bits per heavy atom. The van der Waals surface area contributed by atoms with Crippen molar-refractivity contribution in [3.63, 3.8) is 0 Å². The molecular formula is C19H23FO6. The monoisotopic (exact) mass is 366 g/mol. The average molecular weight is 366 g/mol. The quantitative estimate of drug-likeness (QED) is 0.422. The van der Waals surface area contributed by atoms with Crippen LogP contribution >= 0.6 is 0 Å². The number of fused-ring (bicyclic) bond motifs is 1. The first kappa shape index (κ1) is 17.5. The highest BCUT2D eigenvalue weighted by Crippen LogP contribution is 2.59. The molecule has 3 saturated carbocycles. The van der Waals surface area contributed by atoms with Crippen LogP contribution in [-0.2, 0) is 28.6 Å². The molecule has 1 heterocycles. The van der Waals surface area contributed by atoms with E-state index in [2.05, 4.69) is 6.58 Å². The lowest BCUT2D eigenvalue weighted by Gasteiger charge is -2.34. The van der Waals surface area contributed by atoms with Crippen molar-refractivity contribution in [1.82, 2.24) is 0 Å². The number of carbonyl (C=O) groups excluding carboxylic acids is 3. The van der Waals surface area contributed by atoms with Crippen LogP contribution in [0.3, 0.4) is 0 Å². The van der Waals surface area contributed by atoms with Gasteiger partial charge in [-0.1, -0.05) is 13.5 Å². The summed E-state index contributed by atoms with van der Waals surface area (Å²) in [7, 11) is 0. The Morgan fingerprint density at radius 1 is 1.31 bits per heavy atom. The molecule has 2 bridgehead atoms. The maximum atomic E-state index is 13.1. The zero-order valence-corrected chi connectivity index (χ0v) is 14.7. The van der Waals surface area contributed by atoms with Gasteiger partial charge in [-0.15, -0.1) is 0 Å². The molecule has 3 aliphatic carbocycles. The number of rotatable bonds is 5. The minimum Gasteiger partial charge on any atom is -0.459 e. The fourth-order valence-corrected chi connectivity index (χ4v) is 5.48. The largest absolute Gasteiger partial charge is 0.459 e. The second-order valence-electron chi connectivity index (χ2n) is 7.96. The van der Waals surface area contributed by atoms with E-state index in [4.69, 9.17) is 14.2 Å². The third kappa shape index (κ3) is 2.47. The number of halogens is 1. The van der Waals surface area contributed by atoms with Gasteiger partial charge in [0, 0.05) is 11.8 Å². The highest BCUT2D eigenvalue weighted by Gasteiger charge is 2.70. The Balaban J connectivity index is 1.56. The third-order valence-electron chi connectivity index (χ3n) is 6.76. The minimum absolute atomic E-state index is 0.183.